The molecular weight excluding hydrogens is 1250 g/mol. The van der Waals surface area contributed by atoms with Gasteiger partial charge in [-0.2, -0.15) is 22.0 Å². The molecule has 0 radical (unpaired) electrons. The van der Waals surface area contributed by atoms with Crippen molar-refractivity contribution in [2.24, 2.45) is 7.05 Å². The fourth-order valence-electron chi connectivity index (χ4n) is 9.30. The number of nitrogen functional groups attached to an aromatic ring is 3. The van der Waals surface area contributed by atoms with Crippen molar-refractivity contribution in [3.05, 3.63) is 75.8 Å². The van der Waals surface area contributed by atoms with E-state index in [0.29, 0.717) is 5.56 Å². The summed E-state index contributed by atoms with van der Waals surface area (Å²) in [5.41, 5.74) is 15.9. The van der Waals surface area contributed by atoms with Crippen molar-refractivity contribution in [1.82, 2.24) is 53.6 Å². The number of methoxy groups -OCH3 is 1. The first-order valence-electron chi connectivity index (χ1n) is 24.2. The predicted octanol–water partition coefficient (Wildman–Crippen LogP) is -2.99. The number of H-pyrrole nitrogens is 2. The second kappa shape index (κ2) is 23.3. The first-order valence-corrected chi connectivity index (χ1v) is 31.5. The number of aliphatic hydroxyl groups is 3. The molecule has 46 heteroatoms. The molecule has 6 aromatic heterocycles. The molecular formula is C39H50N15O26P4S+. The van der Waals surface area contributed by atoms with Crippen LogP contribution in [0.5, 0.6) is 0 Å². The number of benzene rings is 1. The largest absolute Gasteiger partial charge is 0.490 e. The molecule has 1 aromatic carbocycles. The number of nitrogens with two attached hydrogens (primary N) is 3. The molecule has 0 amide bonds. The highest BCUT2D eigenvalue weighted by molar-refractivity contribution is 7.86. The Morgan fingerprint density at radius 1 is 0.682 bits per heavy atom. The van der Waals surface area contributed by atoms with E-state index in [9.17, 15) is 71.2 Å². The highest BCUT2D eigenvalue weighted by Gasteiger charge is 2.55. The molecule has 0 aliphatic carbocycles. The van der Waals surface area contributed by atoms with Gasteiger partial charge < -0.3 is 71.0 Å². The minimum atomic E-state index is -6.35. The van der Waals surface area contributed by atoms with E-state index in [4.69, 9.17) is 58.4 Å². The number of phosphoric ester groups is 3. The molecule has 0 bridgehead atoms. The molecule has 3 fully saturated rings. The number of hydrogen-bond acceptors (Lipinski definition) is 31. The first-order chi connectivity index (χ1) is 39.8. The van der Waals surface area contributed by atoms with Crippen LogP contribution in [0.2, 0.25) is 0 Å². The van der Waals surface area contributed by atoms with Gasteiger partial charge in [0.05, 0.1) is 44.4 Å². The third kappa shape index (κ3) is 12.8. The second-order valence-corrected chi connectivity index (χ2v) is 26.4. The molecule has 16 atom stereocenters. The molecule has 85 heavy (non-hydrogen) atoms. The van der Waals surface area contributed by atoms with Gasteiger partial charge in [-0.15, -0.1) is 0 Å². The van der Waals surface area contributed by atoms with Crippen LogP contribution < -0.4 is 32.9 Å². The zero-order valence-electron chi connectivity index (χ0n) is 43.5. The van der Waals surface area contributed by atoms with Gasteiger partial charge in [-0.25, -0.2) is 42.8 Å². The van der Waals surface area contributed by atoms with Crippen LogP contribution in [0.15, 0.2) is 64.1 Å². The Morgan fingerprint density at radius 2 is 1.26 bits per heavy atom. The zero-order valence-corrected chi connectivity index (χ0v) is 47.9. The molecule has 462 valence electrons. The standard InChI is InChI=1S/C39H49N15O26P4S/c1-15-4-6-16(7-5-15)85(68,69)78-26-18(75-36(25(26)57)54-14-51(2)22-32(54)48-39(42)50-34(22)59)9-72-82(62,63)79-84(66,67)80-83(64,65)73-10-19-27(28(70-3)37(76-19)52-12-45-20-29(40)43-11-44-30(20)52)77-81(60,61)71-8-17-23(55)24(56)35(74-17)53-13-46-21-31(53)47-38(41)49-33(21)58/h4-7,11-14,17-19,23-28,35-37,55-57H,8-10H2,1-3H3,(H11-,40,41,42,43,44,47,48,49,50,58,59,60,61,62,63,64,65,66,67)/p+1/t17-,18-,19-,23+,24?,25?,26+,27+,28?,35-,36-,37-/m1/s1. The minimum absolute atomic E-state index is 0.0163. The normalized spacial score (nSPS) is 28.4. The van der Waals surface area contributed by atoms with Gasteiger partial charge >= 0.3 is 36.9 Å². The Bertz CT molecular complexity index is 4130. The van der Waals surface area contributed by atoms with Gasteiger partial charge in [-0.1, -0.05) is 22.7 Å². The average molecular weight is 1300 g/mol. The molecule has 3 aliphatic heterocycles. The third-order valence-electron chi connectivity index (χ3n) is 13.1. The summed E-state index contributed by atoms with van der Waals surface area (Å²) in [5.74, 6) is -0.816. The van der Waals surface area contributed by atoms with Crippen LogP contribution >= 0.6 is 31.3 Å². The van der Waals surface area contributed by atoms with Crippen LogP contribution in [-0.2, 0) is 85.3 Å². The maximum Gasteiger partial charge on any atom is 0.490 e. The summed E-state index contributed by atoms with van der Waals surface area (Å²) >= 11 is 0. The lowest BCUT2D eigenvalue weighted by molar-refractivity contribution is -0.745. The van der Waals surface area contributed by atoms with Gasteiger partial charge in [-0.05, 0) is 19.1 Å². The van der Waals surface area contributed by atoms with Gasteiger partial charge in [0.15, 0.2) is 41.4 Å². The van der Waals surface area contributed by atoms with Gasteiger partial charge in [0.2, 0.25) is 17.7 Å². The van der Waals surface area contributed by atoms with E-state index in [0.717, 1.165) is 35.2 Å². The molecule has 10 rings (SSSR count). The Hall–Kier alpha value is -5.98. The quantitative estimate of drug-likeness (QED) is 0.0183. The third-order valence-corrected chi connectivity index (χ3v) is 19.6. The molecule has 3 aliphatic rings. The molecule has 15 N–H and O–H groups in total. The van der Waals surface area contributed by atoms with Crippen molar-refractivity contribution in [2.45, 2.75) is 85.4 Å². The second-order valence-electron chi connectivity index (χ2n) is 18.8. The number of phosphoric acid groups is 4. The van der Waals surface area contributed by atoms with Crippen LogP contribution in [0, 0.1) is 6.92 Å². The number of nitrogens with zero attached hydrogens (tertiary/aromatic N) is 10. The van der Waals surface area contributed by atoms with Crippen molar-refractivity contribution in [3.8, 4) is 0 Å². The van der Waals surface area contributed by atoms with Crippen molar-refractivity contribution in [1.29, 1.82) is 0 Å². The van der Waals surface area contributed by atoms with Gasteiger partial charge in [0, 0.05) is 7.11 Å². The van der Waals surface area contributed by atoms with E-state index in [1.54, 1.807) is 6.92 Å². The van der Waals surface area contributed by atoms with Crippen LogP contribution in [0.3, 0.4) is 0 Å². The zero-order chi connectivity index (χ0) is 61.5. The van der Waals surface area contributed by atoms with Crippen LogP contribution in [0.4, 0.5) is 17.7 Å². The minimum Gasteiger partial charge on any atom is -0.387 e. The summed E-state index contributed by atoms with van der Waals surface area (Å²) in [7, 11) is -26.3. The summed E-state index contributed by atoms with van der Waals surface area (Å²) < 4.78 is 143. The first kappa shape index (κ1) is 62.1. The maximum atomic E-state index is 13.8. The monoisotopic (exact) mass is 1300 g/mol. The van der Waals surface area contributed by atoms with Crippen molar-refractivity contribution < 1.29 is 116 Å². The number of aliphatic hydroxyl groups excluding tert-OH is 3. The number of rotatable bonds is 22. The number of fused-ring (bicyclic) bond motifs is 3. The number of anilines is 3. The highest BCUT2D eigenvalue weighted by Crippen LogP contribution is 2.68. The van der Waals surface area contributed by atoms with E-state index in [1.807, 2.05) is 0 Å². The fourth-order valence-corrected chi connectivity index (χ4v) is 14.9. The SMILES string of the molecule is COC1[C@@H](OP(=O)(O)OC[C@H]2O[C@@H](n3cnc4c(=O)[nH]c(N)nc43)C(O)[C@H]2O)[C@@H](COP(=O)(O)OP(=O)(O)OP(=O)(O)OC[C@H]2O[C@@H]([n+]3cn(C)c4c(=O)[nH]c(N)nc43)C(O)[C@H]2OS(=O)(=O)c2ccc(C)cc2)O[C@H]1n1cnc2c(N)ncnc21. The van der Waals surface area contributed by atoms with Gasteiger partial charge in [-0.3, -0.25) is 55.5 Å². The van der Waals surface area contributed by atoms with Crippen molar-refractivity contribution in [2.75, 3.05) is 44.1 Å². The lowest BCUT2D eigenvalue weighted by atomic mass is 10.1. The van der Waals surface area contributed by atoms with Crippen LogP contribution in [0.25, 0.3) is 33.5 Å². The maximum absolute atomic E-state index is 13.8. The Labute approximate surface area is 473 Å². The Balaban J connectivity index is 0.831. The smallest absolute Gasteiger partial charge is 0.387 e. The molecule has 0 saturated carbocycles. The lowest BCUT2D eigenvalue weighted by Crippen LogP contribution is -2.47. The number of nitrogens with one attached hydrogen (secondary N) is 2. The molecule has 3 saturated heterocycles. The Kier molecular flexibility index (Phi) is 17.0. The van der Waals surface area contributed by atoms with Gasteiger partial charge in [0.1, 0.15) is 66.8 Å². The topological polar surface area (TPSA) is 585 Å². The number of imidazole rings is 3. The number of ether oxygens (including phenoxy) is 4. The summed E-state index contributed by atoms with van der Waals surface area (Å²) in [6.45, 7) is -1.98. The lowest BCUT2D eigenvalue weighted by Gasteiger charge is -2.26. The number of hydrogen-bond donors (Lipinski definition) is 12. The summed E-state index contributed by atoms with van der Waals surface area (Å²) in [4.78, 5) is 96.5. The summed E-state index contributed by atoms with van der Waals surface area (Å²) in [6.07, 6.45) is -17.0. The van der Waals surface area contributed by atoms with Crippen LogP contribution in [0.1, 0.15) is 24.2 Å². The van der Waals surface area contributed by atoms with E-state index in [2.05, 4.69) is 48.5 Å². The number of aryl methyl sites for hydroxylation is 2. The van der Waals surface area contributed by atoms with Crippen molar-refractivity contribution >= 4 is 92.6 Å². The summed E-state index contributed by atoms with van der Waals surface area (Å²) in [5, 5.41) is 33.4. The van der Waals surface area contributed by atoms with Gasteiger partial charge in [0.25, 0.3) is 27.2 Å². The van der Waals surface area contributed by atoms with Crippen LogP contribution in [-0.4, -0.2) is 179 Å². The number of aromatic amines is 2. The molecule has 0 spiro atoms. The highest BCUT2D eigenvalue weighted by atomic mass is 32.2. The fraction of sp³-hybridized carbons (Fsp3) is 0.462. The van der Waals surface area contributed by atoms with E-state index in [-0.39, 0.29) is 51.2 Å². The molecule has 7 unspecified atom stereocenters. The summed E-state index contributed by atoms with van der Waals surface area (Å²) in [6, 6.07) is 5.20. The van der Waals surface area contributed by atoms with E-state index < -0.39 is 151 Å². The molecule has 41 nitrogen and oxygen atoms in total. The van der Waals surface area contributed by atoms with E-state index in [1.165, 1.54) is 46.8 Å². The molecule has 7 aromatic rings. The predicted molar refractivity (Wildman–Crippen MR) is 276 cm³/mol. The van der Waals surface area contributed by atoms with Crippen molar-refractivity contribution in [3.63, 3.8) is 0 Å². The van der Waals surface area contributed by atoms with E-state index >= 15 is 0 Å². The number of aromatic nitrogens is 12. The average Bonchev–Trinajstić information content (AvgIpc) is 2.27. The molecule has 9 heterocycles. The Morgan fingerprint density at radius 3 is 1.92 bits per heavy atom.